The van der Waals surface area contributed by atoms with Crippen LogP contribution < -0.4 is 10.1 Å². The molecule has 0 unspecified atom stereocenters. The van der Waals surface area contributed by atoms with Crippen LogP contribution in [0.2, 0.25) is 0 Å². The van der Waals surface area contributed by atoms with Crippen LogP contribution in [-0.4, -0.2) is 37.0 Å². The van der Waals surface area contributed by atoms with E-state index in [-0.39, 0.29) is 5.70 Å². The molecule has 0 radical (unpaired) electrons. The lowest BCUT2D eigenvalue weighted by Crippen LogP contribution is -2.82. The summed E-state index contributed by atoms with van der Waals surface area (Å²) < 4.78 is 9.61. The van der Waals surface area contributed by atoms with Crippen LogP contribution in [0.15, 0.2) is 36.0 Å². The number of rotatable bonds is 7. The van der Waals surface area contributed by atoms with Crippen molar-refractivity contribution in [2.75, 3.05) is 14.2 Å². The monoisotopic (exact) mass is 293 g/mol. The number of nitrogens with one attached hydrogen (secondary N) is 1. The number of carbonyl (C=O) groups excluding carboxylic acids is 1. The molecule has 1 rings (SSSR count). The van der Waals surface area contributed by atoms with Gasteiger partial charge in [0.05, 0.1) is 14.2 Å². The zero-order chi connectivity index (χ0) is 15.8. The second-order valence-corrected chi connectivity index (χ2v) is 4.07. The number of nitrogens with two attached hydrogens (primary N) is 1. The maximum atomic E-state index is 11.6. The summed E-state index contributed by atoms with van der Waals surface area (Å²) >= 11 is 0. The molecule has 1 aromatic rings. The van der Waals surface area contributed by atoms with Crippen molar-refractivity contribution in [2.24, 2.45) is 0 Å². The number of quaternary nitrogens is 1. The van der Waals surface area contributed by atoms with E-state index in [4.69, 9.17) is 15.3 Å². The molecule has 0 atom stereocenters. The van der Waals surface area contributed by atoms with Crippen LogP contribution in [0.1, 0.15) is 5.56 Å². The molecule has 0 aliphatic rings. The van der Waals surface area contributed by atoms with Crippen molar-refractivity contribution in [3.8, 4) is 5.75 Å². The number of hydrogen-bond donors (Lipinski definition) is 3. The predicted octanol–water partition coefficient (Wildman–Crippen LogP) is -0.0801. The van der Waals surface area contributed by atoms with Gasteiger partial charge in [-0.15, -0.1) is 0 Å². The smallest absolute Gasteiger partial charge is 0.392 e. The summed E-state index contributed by atoms with van der Waals surface area (Å²) in [6, 6.07) is 7.22. The quantitative estimate of drug-likeness (QED) is 0.370. The molecule has 0 aliphatic carbocycles. The predicted molar refractivity (Wildman–Crippen MR) is 74.1 cm³/mol. The minimum atomic E-state index is -1.41. The van der Waals surface area contributed by atoms with E-state index in [1.807, 2.05) is 12.1 Å². The normalized spacial score (nSPS) is 10.9. The van der Waals surface area contributed by atoms with Gasteiger partial charge >= 0.3 is 11.9 Å². The van der Waals surface area contributed by atoms with Crippen molar-refractivity contribution in [2.45, 2.75) is 6.54 Å². The van der Waals surface area contributed by atoms with E-state index in [1.165, 1.54) is 12.4 Å². The van der Waals surface area contributed by atoms with Gasteiger partial charge in [0.1, 0.15) is 18.0 Å². The second kappa shape index (κ2) is 7.81. The standard InChI is InChI=1S/C14H16N2O5/c1-20-10-5-3-9(4-6-10)8-16-12(14(19)21-2)7-11(15)13(17)18/h3-7,15-16H,8H2,1-2H3,(H,17,18)/p+1. The Labute approximate surface area is 121 Å². The molecule has 7 nitrogen and oxygen atoms in total. The number of aliphatic carboxylic acids is 1. The molecule has 0 fully saturated rings. The third-order valence-corrected chi connectivity index (χ3v) is 2.67. The van der Waals surface area contributed by atoms with Crippen molar-refractivity contribution in [3.05, 3.63) is 41.6 Å². The Morgan fingerprint density at radius 1 is 1.29 bits per heavy atom. The van der Waals surface area contributed by atoms with Crippen LogP contribution in [0, 0.1) is 5.41 Å². The van der Waals surface area contributed by atoms with Gasteiger partial charge in [-0.25, -0.2) is 9.59 Å². The van der Waals surface area contributed by atoms with Crippen molar-refractivity contribution >= 4 is 17.7 Å². The maximum Gasteiger partial charge on any atom is 0.392 e. The molecule has 0 heterocycles. The third kappa shape index (κ3) is 5.07. The summed E-state index contributed by atoms with van der Waals surface area (Å²) in [6.45, 7) is 0.401. The zero-order valence-electron chi connectivity index (χ0n) is 11.8. The Hall–Kier alpha value is -2.67. The van der Waals surface area contributed by atoms with E-state index in [2.05, 4.69) is 4.74 Å². The van der Waals surface area contributed by atoms with E-state index >= 15 is 0 Å². The lowest BCUT2D eigenvalue weighted by Gasteiger charge is -2.05. The van der Waals surface area contributed by atoms with Gasteiger partial charge in [-0.05, 0) is 24.3 Å². The number of ether oxygens (including phenoxy) is 2. The van der Waals surface area contributed by atoms with Gasteiger partial charge in [0.15, 0.2) is 0 Å². The van der Waals surface area contributed by atoms with E-state index in [9.17, 15) is 9.59 Å². The van der Waals surface area contributed by atoms with Crippen LogP contribution in [-0.2, 0) is 20.9 Å². The van der Waals surface area contributed by atoms with E-state index in [1.54, 1.807) is 19.2 Å². The van der Waals surface area contributed by atoms with E-state index < -0.39 is 17.7 Å². The highest BCUT2D eigenvalue weighted by Crippen LogP contribution is 2.10. The topological polar surface area (TPSA) is 113 Å². The molecule has 0 spiro atoms. The average molecular weight is 293 g/mol. The first-order chi connectivity index (χ1) is 9.97. The number of carbonyl (C=O) groups is 2. The fourth-order valence-electron chi connectivity index (χ4n) is 1.53. The summed E-state index contributed by atoms with van der Waals surface area (Å²) in [5.74, 6) is -1.38. The molecule has 0 bridgehead atoms. The largest absolute Gasteiger partial charge is 0.497 e. The van der Waals surface area contributed by atoms with Gasteiger partial charge in [-0.2, -0.15) is 0 Å². The molecule has 0 amide bonds. The summed E-state index contributed by atoms with van der Waals surface area (Å²) in [7, 11) is 2.76. The van der Waals surface area contributed by atoms with Gasteiger partial charge < -0.3 is 19.9 Å². The van der Waals surface area contributed by atoms with Crippen LogP contribution in [0.3, 0.4) is 0 Å². The SMILES string of the molecule is COC(=O)C(=CC(=N)C(=O)O)[NH2+]Cc1ccc(OC)cc1. The maximum absolute atomic E-state index is 11.6. The number of esters is 1. The molecule has 112 valence electrons. The second-order valence-electron chi connectivity index (χ2n) is 4.07. The number of methoxy groups -OCH3 is 2. The first kappa shape index (κ1) is 16.4. The highest BCUT2D eigenvalue weighted by molar-refractivity contribution is 6.39. The highest BCUT2D eigenvalue weighted by atomic mass is 16.5. The highest BCUT2D eigenvalue weighted by Gasteiger charge is 2.17. The number of benzene rings is 1. The molecule has 0 saturated carbocycles. The van der Waals surface area contributed by atoms with Crippen molar-refractivity contribution < 1.29 is 29.5 Å². The summed E-state index contributed by atoms with van der Waals surface area (Å²) in [5, 5.41) is 17.5. The Morgan fingerprint density at radius 2 is 1.90 bits per heavy atom. The molecule has 0 aliphatic heterocycles. The number of hydrogen-bond acceptors (Lipinski definition) is 5. The van der Waals surface area contributed by atoms with E-state index in [0.29, 0.717) is 6.54 Å². The van der Waals surface area contributed by atoms with Crippen LogP contribution in [0.5, 0.6) is 5.75 Å². The van der Waals surface area contributed by atoms with Gasteiger partial charge in [-0.3, -0.25) is 5.41 Å². The fraction of sp³-hybridized carbons (Fsp3) is 0.214. The average Bonchev–Trinajstić information content (AvgIpc) is 2.50. The number of carboxylic acid groups (broad SMARTS) is 1. The molecule has 21 heavy (non-hydrogen) atoms. The molecular weight excluding hydrogens is 276 g/mol. The van der Waals surface area contributed by atoms with E-state index in [0.717, 1.165) is 17.4 Å². The molecule has 7 heteroatoms. The third-order valence-electron chi connectivity index (χ3n) is 2.67. The fourth-order valence-corrected chi connectivity index (χ4v) is 1.53. The Morgan fingerprint density at radius 3 is 2.38 bits per heavy atom. The molecule has 0 aromatic heterocycles. The van der Waals surface area contributed by atoms with Crippen molar-refractivity contribution in [1.29, 1.82) is 5.41 Å². The zero-order valence-corrected chi connectivity index (χ0v) is 11.8. The molecular formula is C14H17N2O5+. The minimum absolute atomic E-state index is 0.0284. The van der Waals surface area contributed by atoms with Crippen molar-refractivity contribution in [1.82, 2.24) is 0 Å². The summed E-state index contributed by atoms with van der Waals surface area (Å²) in [6.07, 6.45) is 0.970. The van der Waals surface area contributed by atoms with Crippen LogP contribution in [0.25, 0.3) is 0 Å². The van der Waals surface area contributed by atoms with Gasteiger partial charge in [0.2, 0.25) is 5.70 Å². The molecule has 1 aromatic carbocycles. The van der Waals surface area contributed by atoms with Crippen molar-refractivity contribution in [3.63, 3.8) is 0 Å². The molecule has 4 N–H and O–H groups in total. The summed E-state index contributed by atoms with van der Waals surface area (Å²) in [4.78, 5) is 22.2. The molecule has 0 saturated heterocycles. The first-order valence-electron chi connectivity index (χ1n) is 6.06. The van der Waals surface area contributed by atoms with Gasteiger partial charge in [0.25, 0.3) is 0 Å². The summed E-state index contributed by atoms with van der Waals surface area (Å²) in [5.41, 5.74) is 0.259. The minimum Gasteiger partial charge on any atom is -0.497 e. The Balaban J connectivity index is 2.79. The first-order valence-corrected chi connectivity index (χ1v) is 6.06. The van der Waals surface area contributed by atoms with Gasteiger partial charge in [-0.1, -0.05) is 0 Å². The Bertz CT molecular complexity index is 563. The van der Waals surface area contributed by atoms with Gasteiger partial charge in [0, 0.05) is 11.6 Å². The lowest BCUT2D eigenvalue weighted by atomic mass is 10.2. The lowest BCUT2D eigenvalue weighted by molar-refractivity contribution is -0.618. The van der Waals surface area contributed by atoms with Crippen LogP contribution in [0.4, 0.5) is 0 Å². The number of carboxylic acids is 1. The Kier molecular flexibility index (Phi) is 6.09. The van der Waals surface area contributed by atoms with Crippen LogP contribution >= 0.6 is 0 Å².